The largest absolute Gasteiger partial charge is 0.354 e. The summed E-state index contributed by atoms with van der Waals surface area (Å²) in [4.78, 5) is 35.0. The Balaban J connectivity index is 2.17. The first kappa shape index (κ1) is 8.93. The van der Waals surface area contributed by atoms with E-state index in [0.717, 1.165) is 4.90 Å². The molecule has 1 saturated heterocycles. The van der Waals surface area contributed by atoms with E-state index in [1.165, 1.54) is 6.08 Å². The van der Waals surface area contributed by atoms with Gasteiger partial charge in [-0.15, -0.1) is 0 Å². The van der Waals surface area contributed by atoms with E-state index in [1.54, 1.807) is 6.92 Å². The molecule has 0 saturated carbocycles. The number of hydrogen-bond donors (Lipinski definition) is 1. The summed E-state index contributed by atoms with van der Waals surface area (Å²) in [6, 6.07) is -0.309. The van der Waals surface area contributed by atoms with Gasteiger partial charge in [0, 0.05) is 24.6 Å². The van der Waals surface area contributed by atoms with Gasteiger partial charge in [0.1, 0.15) is 0 Å². The molecule has 5 nitrogen and oxygen atoms in total. The third-order valence-electron chi connectivity index (χ3n) is 2.45. The van der Waals surface area contributed by atoms with E-state index >= 15 is 0 Å². The van der Waals surface area contributed by atoms with Crippen LogP contribution in [0.25, 0.3) is 0 Å². The second-order valence-electron chi connectivity index (χ2n) is 3.50. The first-order valence-electron chi connectivity index (χ1n) is 4.42. The van der Waals surface area contributed by atoms with Crippen molar-refractivity contribution in [2.24, 2.45) is 0 Å². The molecule has 3 amide bonds. The van der Waals surface area contributed by atoms with Crippen molar-refractivity contribution in [3.63, 3.8) is 0 Å². The maximum Gasteiger partial charge on any atom is 0.256 e. The van der Waals surface area contributed by atoms with Gasteiger partial charge in [0.25, 0.3) is 11.8 Å². The maximum absolute atomic E-state index is 11.5. The Kier molecular flexibility index (Phi) is 1.87. The number of nitrogens with one attached hydrogen (secondary N) is 1. The number of rotatable bonds is 1. The predicted molar refractivity (Wildman–Crippen MR) is 47.0 cm³/mol. The summed E-state index contributed by atoms with van der Waals surface area (Å²) in [7, 11) is 0. The molecule has 0 aromatic heterocycles. The molecule has 2 heterocycles. The van der Waals surface area contributed by atoms with Crippen LogP contribution in [0.15, 0.2) is 11.6 Å². The standard InChI is InChI=1S/C9H10N2O3/c1-5-2-8(13)11(9(5)14)6-3-7(12)10-4-6/h2,6H,3-4H2,1H3,(H,10,12). The second kappa shape index (κ2) is 2.94. The number of carbonyl (C=O) groups is 3. The van der Waals surface area contributed by atoms with Gasteiger partial charge in [-0.25, -0.2) is 0 Å². The number of carbonyl (C=O) groups excluding carboxylic acids is 3. The monoisotopic (exact) mass is 194 g/mol. The van der Waals surface area contributed by atoms with E-state index in [1.807, 2.05) is 0 Å². The predicted octanol–water partition coefficient (Wildman–Crippen LogP) is -0.810. The molecule has 0 aliphatic carbocycles. The van der Waals surface area contributed by atoms with E-state index in [-0.39, 0.29) is 30.2 Å². The van der Waals surface area contributed by atoms with Crippen LogP contribution >= 0.6 is 0 Å². The molecule has 1 unspecified atom stereocenters. The van der Waals surface area contributed by atoms with Gasteiger partial charge in [-0.2, -0.15) is 0 Å². The van der Waals surface area contributed by atoms with E-state index in [0.29, 0.717) is 12.1 Å². The van der Waals surface area contributed by atoms with Gasteiger partial charge >= 0.3 is 0 Å². The number of imide groups is 1. The normalized spacial score (nSPS) is 26.9. The molecule has 74 valence electrons. The Labute approximate surface area is 80.8 Å². The summed E-state index contributed by atoms with van der Waals surface area (Å²) in [5.41, 5.74) is 0.439. The molecule has 14 heavy (non-hydrogen) atoms. The lowest BCUT2D eigenvalue weighted by atomic mass is 10.2. The molecule has 0 bridgehead atoms. The van der Waals surface area contributed by atoms with Crippen molar-refractivity contribution in [3.8, 4) is 0 Å². The molecule has 1 atom stereocenters. The first-order valence-corrected chi connectivity index (χ1v) is 4.42. The van der Waals surface area contributed by atoms with Crippen molar-refractivity contribution in [3.05, 3.63) is 11.6 Å². The molecule has 2 aliphatic heterocycles. The molecular formula is C9H10N2O3. The molecule has 1 fully saturated rings. The van der Waals surface area contributed by atoms with Crippen molar-refractivity contribution in [1.82, 2.24) is 10.2 Å². The molecule has 0 spiro atoms. The van der Waals surface area contributed by atoms with Crippen LogP contribution in [-0.4, -0.2) is 35.2 Å². The summed E-state index contributed by atoms with van der Waals surface area (Å²) >= 11 is 0. The van der Waals surface area contributed by atoms with Crippen LogP contribution in [0.3, 0.4) is 0 Å². The molecular weight excluding hydrogens is 184 g/mol. The average molecular weight is 194 g/mol. The van der Waals surface area contributed by atoms with Gasteiger partial charge in [-0.3, -0.25) is 19.3 Å². The Hall–Kier alpha value is -1.65. The molecule has 0 radical (unpaired) electrons. The summed E-state index contributed by atoms with van der Waals surface area (Å²) in [5, 5.41) is 2.59. The summed E-state index contributed by atoms with van der Waals surface area (Å²) in [6.07, 6.45) is 1.53. The third-order valence-corrected chi connectivity index (χ3v) is 2.45. The lowest BCUT2D eigenvalue weighted by Gasteiger charge is -2.20. The topological polar surface area (TPSA) is 66.5 Å². The van der Waals surface area contributed by atoms with Crippen LogP contribution in [0.2, 0.25) is 0 Å². The summed E-state index contributed by atoms with van der Waals surface area (Å²) in [5.74, 6) is -0.703. The Bertz CT molecular complexity index is 359. The molecule has 0 aromatic carbocycles. The van der Waals surface area contributed by atoms with E-state index < -0.39 is 0 Å². The van der Waals surface area contributed by atoms with Gasteiger partial charge in [0.05, 0.1) is 6.04 Å². The first-order chi connectivity index (χ1) is 6.59. The number of hydrogen-bond acceptors (Lipinski definition) is 3. The average Bonchev–Trinajstić information content (AvgIpc) is 2.60. The van der Waals surface area contributed by atoms with Gasteiger partial charge in [0.2, 0.25) is 5.91 Å². The zero-order valence-corrected chi connectivity index (χ0v) is 7.74. The molecule has 2 aliphatic rings. The Morgan fingerprint density at radius 1 is 1.43 bits per heavy atom. The lowest BCUT2D eigenvalue weighted by molar-refractivity contribution is -0.139. The zero-order chi connectivity index (χ0) is 10.3. The smallest absolute Gasteiger partial charge is 0.256 e. The maximum atomic E-state index is 11.5. The zero-order valence-electron chi connectivity index (χ0n) is 7.74. The molecule has 5 heteroatoms. The van der Waals surface area contributed by atoms with Crippen LogP contribution in [0, 0.1) is 0 Å². The van der Waals surface area contributed by atoms with Crippen molar-refractivity contribution in [2.75, 3.05) is 6.54 Å². The third kappa shape index (κ3) is 1.21. The van der Waals surface area contributed by atoms with Gasteiger partial charge in [-0.05, 0) is 6.92 Å². The number of amides is 3. The van der Waals surface area contributed by atoms with Crippen LogP contribution < -0.4 is 5.32 Å². The Morgan fingerprint density at radius 3 is 2.57 bits per heavy atom. The van der Waals surface area contributed by atoms with Crippen molar-refractivity contribution >= 4 is 17.7 Å². The Morgan fingerprint density at radius 2 is 2.14 bits per heavy atom. The van der Waals surface area contributed by atoms with E-state index in [9.17, 15) is 14.4 Å². The van der Waals surface area contributed by atoms with Gasteiger partial charge in [0.15, 0.2) is 0 Å². The van der Waals surface area contributed by atoms with Crippen molar-refractivity contribution in [2.45, 2.75) is 19.4 Å². The fourth-order valence-corrected chi connectivity index (χ4v) is 1.72. The summed E-state index contributed by atoms with van der Waals surface area (Å²) < 4.78 is 0. The highest BCUT2D eigenvalue weighted by atomic mass is 16.2. The minimum Gasteiger partial charge on any atom is -0.354 e. The fraction of sp³-hybridized carbons (Fsp3) is 0.444. The SMILES string of the molecule is CC1=CC(=O)N(C2CNC(=O)C2)C1=O. The highest BCUT2D eigenvalue weighted by molar-refractivity contribution is 6.16. The fourth-order valence-electron chi connectivity index (χ4n) is 1.72. The van der Waals surface area contributed by atoms with Crippen molar-refractivity contribution in [1.29, 1.82) is 0 Å². The highest BCUT2D eigenvalue weighted by Crippen LogP contribution is 2.19. The van der Waals surface area contributed by atoms with Gasteiger partial charge < -0.3 is 5.32 Å². The van der Waals surface area contributed by atoms with E-state index in [4.69, 9.17) is 0 Å². The van der Waals surface area contributed by atoms with Gasteiger partial charge in [-0.1, -0.05) is 0 Å². The van der Waals surface area contributed by atoms with Crippen molar-refractivity contribution < 1.29 is 14.4 Å². The van der Waals surface area contributed by atoms with Crippen LogP contribution in [0.1, 0.15) is 13.3 Å². The highest BCUT2D eigenvalue weighted by Gasteiger charge is 2.38. The van der Waals surface area contributed by atoms with Crippen LogP contribution in [-0.2, 0) is 14.4 Å². The molecule has 2 rings (SSSR count). The van der Waals surface area contributed by atoms with Crippen LogP contribution in [0.5, 0.6) is 0 Å². The van der Waals surface area contributed by atoms with Crippen LogP contribution in [0.4, 0.5) is 0 Å². The quantitative estimate of drug-likeness (QED) is 0.555. The molecule has 1 N–H and O–H groups in total. The minimum atomic E-state index is -0.311. The summed E-state index contributed by atoms with van der Waals surface area (Å²) in [6.45, 7) is 1.97. The molecule has 0 aromatic rings. The minimum absolute atomic E-state index is 0.111. The lowest BCUT2D eigenvalue weighted by Crippen LogP contribution is -2.41. The second-order valence-corrected chi connectivity index (χ2v) is 3.50. The number of nitrogens with zero attached hydrogens (tertiary/aromatic N) is 1. The van der Waals surface area contributed by atoms with E-state index in [2.05, 4.69) is 5.32 Å².